The van der Waals surface area contributed by atoms with Crippen LogP contribution in [0, 0.1) is 0 Å². The van der Waals surface area contributed by atoms with Gasteiger partial charge < -0.3 is 14.9 Å². The zero-order valence-electron chi connectivity index (χ0n) is 13.1. The van der Waals surface area contributed by atoms with E-state index in [-0.39, 0.29) is 5.92 Å². The van der Waals surface area contributed by atoms with E-state index in [4.69, 9.17) is 4.74 Å². The molecule has 0 saturated carbocycles. The summed E-state index contributed by atoms with van der Waals surface area (Å²) in [4.78, 5) is 0. The molecule has 0 heterocycles. The summed E-state index contributed by atoms with van der Waals surface area (Å²) >= 11 is 0. The molecule has 2 N–H and O–H groups in total. The van der Waals surface area contributed by atoms with Crippen molar-refractivity contribution < 1.29 is 14.9 Å². The fourth-order valence-electron chi connectivity index (χ4n) is 2.42. The predicted molar refractivity (Wildman–Crippen MR) is 88.3 cm³/mol. The summed E-state index contributed by atoms with van der Waals surface area (Å²) in [5.41, 5.74) is 1.13. The quantitative estimate of drug-likeness (QED) is 0.809. The highest BCUT2D eigenvalue weighted by Crippen LogP contribution is 2.26. The molecule has 0 aliphatic rings. The van der Waals surface area contributed by atoms with Crippen molar-refractivity contribution in [1.82, 2.24) is 0 Å². The van der Waals surface area contributed by atoms with Crippen molar-refractivity contribution in [3.8, 4) is 11.5 Å². The van der Waals surface area contributed by atoms with E-state index in [0.29, 0.717) is 12.8 Å². The molecule has 0 bridgehead atoms. The van der Waals surface area contributed by atoms with Crippen LogP contribution in [0.5, 0.6) is 11.5 Å². The highest BCUT2D eigenvalue weighted by Gasteiger charge is 2.18. The SMILES string of the molecule is CCC(O)C(O)CC(C)c1ccc(Oc2ccccc2)cc1. The normalized spacial score (nSPS) is 15.1. The van der Waals surface area contributed by atoms with Crippen molar-refractivity contribution in [2.45, 2.75) is 44.8 Å². The third kappa shape index (κ3) is 4.58. The van der Waals surface area contributed by atoms with E-state index < -0.39 is 12.2 Å². The van der Waals surface area contributed by atoms with Crippen LogP contribution in [0.15, 0.2) is 54.6 Å². The molecular formula is C19H24O3. The lowest BCUT2D eigenvalue weighted by Gasteiger charge is -2.20. The first kappa shape index (κ1) is 16.5. The molecule has 0 fully saturated rings. The van der Waals surface area contributed by atoms with Gasteiger partial charge in [-0.2, -0.15) is 0 Å². The van der Waals surface area contributed by atoms with Gasteiger partial charge in [0.1, 0.15) is 11.5 Å². The Bertz CT molecular complexity index is 551. The monoisotopic (exact) mass is 300 g/mol. The second-order valence-electron chi connectivity index (χ2n) is 5.66. The number of para-hydroxylation sites is 1. The summed E-state index contributed by atoms with van der Waals surface area (Å²) in [6, 6.07) is 17.5. The summed E-state index contributed by atoms with van der Waals surface area (Å²) < 4.78 is 5.76. The first-order valence-electron chi connectivity index (χ1n) is 7.79. The molecule has 3 unspecified atom stereocenters. The summed E-state index contributed by atoms with van der Waals surface area (Å²) in [6.45, 7) is 3.92. The van der Waals surface area contributed by atoms with Crippen LogP contribution in [0.4, 0.5) is 0 Å². The van der Waals surface area contributed by atoms with Crippen molar-refractivity contribution in [2.75, 3.05) is 0 Å². The Morgan fingerprint density at radius 2 is 1.45 bits per heavy atom. The van der Waals surface area contributed by atoms with E-state index in [0.717, 1.165) is 17.1 Å². The van der Waals surface area contributed by atoms with Crippen LogP contribution in [-0.4, -0.2) is 22.4 Å². The summed E-state index contributed by atoms with van der Waals surface area (Å²) in [5.74, 6) is 1.78. The van der Waals surface area contributed by atoms with Crippen molar-refractivity contribution in [3.63, 3.8) is 0 Å². The molecule has 118 valence electrons. The molecule has 0 saturated heterocycles. The van der Waals surface area contributed by atoms with Crippen LogP contribution >= 0.6 is 0 Å². The number of aliphatic hydroxyl groups is 2. The van der Waals surface area contributed by atoms with Gasteiger partial charge in [-0.05, 0) is 48.6 Å². The lowest BCUT2D eigenvalue weighted by atomic mass is 9.92. The van der Waals surface area contributed by atoms with Crippen LogP contribution in [0.25, 0.3) is 0 Å². The minimum absolute atomic E-state index is 0.182. The minimum atomic E-state index is -0.680. The molecule has 22 heavy (non-hydrogen) atoms. The van der Waals surface area contributed by atoms with Crippen LogP contribution in [-0.2, 0) is 0 Å². The van der Waals surface area contributed by atoms with E-state index in [1.54, 1.807) is 0 Å². The number of rotatable bonds is 7. The molecule has 0 aromatic heterocycles. The van der Waals surface area contributed by atoms with Crippen LogP contribution < -0.4 is 4.74 Å². The topological polar surface area (TPSA) is 49.7 Å². The molecule has 0 spiro atoms. The predicted octanol–water partition coefficient (Wildman–Crippen LogP) is 4.10. The van der Waals surface area contributed by atoms with Gasteiger partial charge in [0.15, 0.2) is 0 Å². The van der Waals surface area contributed by atoms with Crippen LogP contribution in [0.2, 0.25) is 0 Å². The first-order valence-corrected chi connectivity index (χ1v) is 7.79. The summed E-state index contributed by atoms with van der Waals surface area (Å²) in [7, 11) is 0. The number of hydrogen-bond donors (Lipinski definition) is 2. The molecule has 3 nitrogen and oxygen atoms in total. The standard InChI is InChI=1S/C19H24O3/c1-3-18(20)19(21)13-14(2)15-9-11-17(12-10-15)22-16-7-5-4-6-8-16/h4-12,14,18-21H,3,13H2,1-2H3. The van der Waals surface area contributed by atoms with Gasteiger partial charge in [0.2, 0.25) is 0 Å². The Kier molecular flexibility index (Phi) is 5.99. The van der Waals surface area contributed by atoms with Gasteiger partial charge in [-0.1, -0.05) is 44.2 Å². The fraction of sp³-hybridized carbons (Fsp3) is 0.368. The Balaban J connectivity index is 1.96. The van der Waals surface area contributed by atoms with Crippen molar-refractivity contribution in [3.05, 3.63) is 60.2 Å². The van der Waals surface area contributed by atoms with Gasteiger partial charge in [0.25, 0.3) is 0 Å². The van der Waals surface area contributed by atoms with Crippen molar-refractivity contribution in [2.24, 2.45) is 0 Å². The van der Waals surface area contributed by atoms with Gasteiger partial charge in [-0.25, -0.2) is 0 Å². The third-order valence-corrected chi connectivity index (χ3v) is 3.89. The van der Waals surface area contributed by atoms with Gasteiger partial charge in [-0.15, -0.1) is 0 Å². The Morgan fingerprint density at radius 3 is 2.05 bits per heavy atom. The minimum Gasteiger partial charge on any atom is -0.457 e. The molecule has 3 atom stereocenters. The molecule has 2 rings (SSSR count). The first-order chi connectivity index (χ1) is 10.6. The van der Waals surface area contributed by atoms with E-state index in [2.05, 4.69) is 6.92 Å². The average molecular weight is 300 g/mol. The molecule has 3 heteroatoms. The van der Waals surface area contributed by atoms with Gasteiger partial charge in [-0.3, -0.25) is 0 Å². The maximum absolute atomic E-state index is 9.92. The van der Waals surface area contributed by atoms with E-state index >= 15 is 0 Å². The largest absolute Gasteiger partial charge is 0.457 e. The number of ether oxygens (including phenoxy) is 1. The lowest BCUT2D eigenvalue weighted by Crippen LogP contribution is -2.26. The lowest BCUT2D eigenvalue weighted by molar-refractivity contribution is 0.00953. The maximum atomic E-state index is 9.92. The molecule has 0 amide bonds. The summed E-state index contributed by atoms with van der Waals surface area (Å²) in [5, 5.41) is 19.6. The van der Waals surface area contributed by atoms with Gasteiger partial charge in [0.05, 0.1) is 12.2 Å². The smallest absolute Gasteiger partial charge is 0.127 e. The van der Waals surface area contributed by atoms with Gasteiger partial charge in [0, 0.05) is 0 Å². The average Bonchev–Trinajstić information content (AvgIpc) is 2.55. The number of benzene rings is 2. The maximum Gasteiger partial charge on any atom is 0.127 e. The van der Waals surface area contributed by atoms with Crippen LogP contribution in [0.1, 0.15) is 38.2 Å². The van der Waals surface area contributed by atoms with E-state index in [9.17, 15) is 10.2 Å². The molecule has 2 aromatic carbocycles. The number of hydrogen-bond acceptors (Lipinski definition) is 3. The third-order valence-electron chi connectivity index (χ3n) is 3.89. The summed E-state index contributed by atoms with van der Waals surface area (Å²) in [6.07, 6.45) is -0.213. The Hall–Kier alpha value is -1.84. The van der Waals surface area contributed by atoms with E-state index in [1.165, 1.54) is 0 Å². The zero-order chi connectivity index (χ0) is 15.9. The molecule has 0 aliphatic heterocycles. The molecular weight excluding hydrogens is 276 g/mol. The number of aliphatic hydroxyl groups excluding tert-OH is 2. The highest BCUT2D eigenvalue weighted by molar-refractivity contribution is 5.33. The van der Waals surface area contributed by atoms with Gasteiger partial charge >= 0.3 is 0 Å². The molecule has 2 aromatic rings. The van der Waals surface area contributed by atoms with Crippen molar-refractivity contribution in [1.29, 1.82) is 0 Å². The zero-order valence-corrected chi connectivity index (χ0v) is 13.1. The van der Waals surface area contributed by atoms with Crippen LogP contribution in [0.3, 0.4) is 0 Å². The Labute approximate surface area is 132 Å². The highest BCUT2D eigenvalue weighted by atomic mass is 16.5. The van der Waals surface area contributed by atoms with E-state index in [1.807, 2.05) is 61.5 Å². The fourth-order valence-corrected chi connectivity index (χ4v) is 2.42. The Morgan fingerprint density at radius 1 is 0.864 bits per heavy atom. The van der Waals surface area contributed by atoms with Crippen molar-refractivity contribution >= 4 is 0 Å². The molecule has 0 aliphatic carbocycles. The second-order valence-corrected chi connectivity index (χ2v) is 5.66. The second kappa shape index (κ2) is 7.97. The molecule has 0 radical (unpaired) electrons.